The number of aromatic nitrogens is 4. The lowest BCUT2D eigenvalue weighted by Gasteiger charge is -2.07. The Morgan fingerprint density at radius 3 is 2.85 bits per heavy atom. The molecule has 2 rings (SSSR count). The van der Waals surface area contributed by atoms with E-state index in [0.29, 0.717) is 18.8 Å². The number of anilines is 1. The predicted octanol–water partition coefficient (Wildman–Crippen LogP) is 2.05. The summed E-state index contributed by atoms with van der Waals surface area (Å²) in [4.78, 5) is 0. The zero-order valence-electron chi connectivity index (χ0n) is 12.0. The third kappa shape index (κ3) is 3.77. The fourth-order valence-corrected chi connectivity index (χ4v) is 2.00. The second kappa shape index (κ2) is 7.00. The van der Waals surface area contributed by atoms with Crippen molar-refractivity contribution in [2.24, 2.45) is 0 Å². The van der Waals surface area contributed by atoms with Crippen molar-refractivity contribution in [1.29, 1.82) is 0 Å². The summed E-state index contributed by atoms with van der Waals surface area (Å²) in [5, 5.41) is 11.8. The maximum absolute atomic E-state index is 5.87. The van der Waals surface area contributed by atoms with Gasteiger partial charge in [0.2, 0.25) is 0 Å². The molecule has 0 saturated heterocycles. The molecule has 1 aromatic heterocycles. The topological polar surface area (TPSA) is 78.8 Å². The quantitative estimate of drug-likeness (QED) is 0.618. The molecule has 108 valence electrons. The minimum atomic E-state index is 0.610. The van der Waals surface area contributed by atoms with Crippen LogP contribution < -0.4 is 5.73 Å². The van der Waals surface area contributed by atoms with Gasteiger partial charge in [-0.05, 0) is 47.5 Å². The van der Waals surface area contributed by atoms with Crippen LogP contribution in [0.15, 0.2) is 18.2 Å². The first-order valence-electron chi connectivity index (χ1n) is 6.92. The van der Waals surface area contributed by atoms with Crippen LogP contribution >= 0.6 is 0 Å². The Hall–Kier alpha value is -1.95. The number of nitrogen functional groups attached to an aromatic ring is 1. The van der Waals surface area contributed by atoms with Crippen LogP contribution in [0.2, 0.25) is 0 Å². The summed E-state index contributed by atoms with van der Waals surface area (Å²) < 4.78 is 7.29. The van der Waals surface area contributed by atoms with Gasteiger partial charge in [-0.2, -0.15) is 0 Å². The molecule has 1 heterocycles. The monoisotopic (exact) mass is 275 g/mol. The lowest BCUT2D eigenvalue weighted by atomic mass is 10.1. The summed E-state index contributed by atoms with van der Waals surface area (Å²) in [6.45, 7) is 6.18. The number of ether oxygens (including phenoxy) is 1. The van der Waals surface area contributed by atoms with Gasteiger partial charge in [0.1, 0.15) is 0 Å². The van der Waals surface area contributed by atoms with Gasteiger partial charge in [0, 0.05) is 17.9 Å². The zero-order chi connectivity index (χ0) is 14.4. The molecule has 0 radical (unpaired) electrons. The van der Waals surface area contributed by atoms with Gasteiger partial charge in [0.05, 0.1) is 13.2 Å². The number of rotatable bonds is 7. The second-order valence-electron chi connectivity index (χ2n) is 4.82. The molecule has 0 aliphatic rings. The van der Waals surface area contributed by atoms with E-state index in [2.05, 4.69) is 22.4 Å². The highest BCUT2D eigenvalue weighted by molar-refractivity contribution is 5.62. The lowest BCUT2D eigenvalue weighted by Crippen LogP contribution is -2.10. The molecule has 0 amide bonds. The molecule has 0 aliphatic heterocycles. The van der Waals surface area contributed by atoms with E-state index in [4.69, 9.17) is 10.5 Å². The molecule has 0 unspecified atom stereocenters. The van der Waals surface area contributed by atoms with Crippen LogP contribution in [0.25, 0.3) is 11.4 Å². The van der Waals surface area contributed by atoms with Gasteiger partial charge in [0.25, 0.3) is 0 Å². The number of hydrogen-bond donors (Lipinski definition) is 1. The van der Waals surface area contributed by atoms with Crippen LogP contribution in [0.4, 0.5) is 5.69 Å². The van der Waals surface area contributed by atoms with Crippen LogP contribution in [0, 0.1) is 6.92 Å². The molecule has 0 spiro atoms. The molecule has 0 fully saturated rings. The number of nitrogens with two attached hydrogens (primary N) is 1. The highest BCUT2D eigenvalue weighted by Crippen LogP contribution is 2.20. The lowest BCUT2D eigenvalue weighted by molar-refractivity contribution is 0.121. The van der Waals surface area contributed by atoms with Crippen LogP contribution in [0.5, 0.6) is 0 Å². The maximum atomic E-state index is 5.87. The maximum Gasteiger partial charge on any atom is 0.182 e. The van der Waals surface area contributed by atoms with Gasteiger partial charge < -0.3 is 10.5 Å². The van der Waals surface area contributed by atoms with Crippen LogP contribution in [-0.4, -0.2) is 33.4 Å². The first-order valence-corrected chi connectivity index (χ1v) is 6.92. The third-order valence-electron chi connectivity index (χ3n) is 2.98. The molecule has 1 aromatic carbocycles. The molecule has 0 atom stereocenters. The van der Waals surface area contributed by atoms with Crippen LogP contribution in [0.1, 0.15) is 25.3 Å². The smallest absolute Gasteiger partial charge is 0.182 e. The number of nitrogens with zero attached hydrogens (tertiary/aromatic N) is 4. The Kier molecular flexibility index (Phi) is 5.06. The minimum absolute atomic E-state index is 0.610. The first kappa shape index (κ1) is 14.5. The van der Waals surface area contributed by atoms with Gasteiger partial charge in [-0.3, -0.25) is 0 Å². The summed E-state index contributed by atoms with van der Waals surface area (Å²) in [5.41, 5.74) is 8.61. The fraction of sp³-hybridized carbons (Fsp3) is 0.500. The third-order valence-corrected chi connectivity index (χ3v) is 2.98. The van der Waals surface area contributed by atoms with Crippen molar-refractivity contribution >= 4 is 5.69 Å². The highest BCUT2D eigenvalue weighted by atomic mass is 16.5. The molecule has 6 heteroatoms. The van der Waals surface area contributed by atoms with E-state index in [0.717, 1.165) is 36.4 Å². The van der Waals surface area contributed by atoms with Gasteiger partial charge in [-0.1, -0.05) is 13.3 Å². The number of hydrogen-bond acceptors (Lipinski definition) is 5. The van der Waals surface area contributed by atoms with Gasteiger partial charge >= 0.3 is 0 Å². The van der Waals surface area contributed by atoms with Crippen molar-refractivity contribution in [1.82, 2.24) is 20.2 Å². The Bertz CT molecular complexity index is 532. The van der Waals surface area contributed by atoms with Crippen molar-refractivity contribution in [2.75, 3.05) is 18.9 Å². The van der Waals surface area contributed by atoms with Crippen molar-refractivity contribution in [3.05, 3.63) is 23.8 Å². The largest absolute Gasteiger partial charge is 0.399 e. The van der Waals surface area contributed by atoms with E-state index in [1.54, 1.807) is 4.68 Å². The molecular weight excluding hydrogens is 254 g/mol. The van der Waals surface area contributed by atoms with E-state index in [-0.39, 0.29) is 0 Å². The number of aryl methyl sites for hydroxylation is 1. The Morgan fingerprint density at radius 1 is 1.25 bits per heavy atom. The zero-order valence-corrected chi connectivity index (χ0v) is 12.0. The van der Waals surface area contributed by atoms with Gasteiger partial charge in [0.15, 0.2) is 5.82 Å². The van der Waals surface area contributed by atoms with Crippen molar-refractivity contribution < 1.29 is 4.74 Å². The molecule has 6 nitrogen and oxygen atoms in total. The Labute approximate surface area is 118 Å². The SMILES string of the molecule is CCCCOCCn1nnnc1-c1cc(C)cc(N)c1. The number of benzene rings is 1. The summed E-state index contributed by atoms with van der Waals surface area (Å²) in [7, 11) is 0. The van der Waals surface area contributed by atoms with E-state index in [1.807, 2.05) is 25.1 Å². The molecule has 0 bridgehead atoms. The summed E-state index contributed by atoms with van der Waals surface area (Å²) in [6, 6.07) is 5.83. The standard InChI is InChI=1S/C14H21N5O/c1-3-4-6-20-7-5-19-14(16-17-18-19)12-8-11(2)9-13(15)10-12/h8-10H,3-7,15H2,1-2H3. The average molecular weight is 275 g/mol. The molecule has 2 aromatic rings. The van der Waals surface area contributed by atoms with Crippen molar-refractivity contribution in [3.63, 3.8) is 0 Å². The summed E-state index contributed by atoms with van der Waals surface area (Å²) >= 11 is 0. The molecule has 20 heavy (non-hydrogen) atoms. The van der Waals surface area contributed by atoms with E-state index in [9.17, 15) is 0 Å². The highest BCUT2D eigenvalue weighted by Gasteiger charge is 2.09. The Balaban J connectivity index is 2.04. The fourth-order valence-electron chi connectivity index (χ4n) is 2.00. The second-order valence-corrected chi connectivity index (χ2v) is 4.82. The van der Waals surface area contributed by atoms with Crippen LogP contribution in [0.3, 0.4) is 0 Å². The number of tetrazole rings is 1. The van der Waals surface area contributed by atoms with Crippen molar-refractivity contribution in [2.45, 2.75) is 33.2 Å². The minimum Gasteiger partial charge on any atom is -0.399 e. The molecule has 2 N–H and O–H groups in total. The molecular formula is C14H21N5O. The normalized spacial score (nSPS) is 10.9. The van der Waals surface area contributed by atoms with E-state index >= 15 is 0 Å². The number of unbranched alkanes of at least 4 members (excludes halogenated alkanes) is 1. The predicted molar refractivity (Wildman–Crippen MR) is 78.1 cm³/mol. The van der Waals surface area contributed by atoms with Crippen molar-refractivity contribution in [3.8, 4) is 11.4 Å². The first-order chi connectivity index (χ1) is 9.70. The van der Waals surface area contributed by atoms with Crippen LogP contribution in [-0.2, 0) is 11.3 Å². The van der Waals surface area contributed by atoms with E-state index < -0.39 is 0 Å². The molecule has 0 aliphatic carbocycles. The summed E-state index contributed by atoms with van der Waals surface area (Å²) in [6.07, 6.45) is 2.22. The average Bonchev–Trinajstić information content (AvgIpc) is 2.86. The van der Waals surface area contributed by atoms with Gasteiger partial charge in [-0.15, -0.1) is 5.10 Å². The Morgan fingerprint density at radius 2 is 2.10 bits per heavy atom. The molecule has 0 saturated carbocycles. The summed E-state index contributed by atoms with van der Waals surface area (Å²) in [5.74, 6) is 0.722. The van der Waals surface area contributed by atoms with E-state index in [1.165, 1.54) is 0 Å². The van der Waals surface area contributed by atoms with Gasteiger partial charge in [-0.25, -0.2) is 4.68 Å².